The fourth-order valence-electron chi connectivity index (χ4n) is 1.44. The normalized spacial score (nSPS) is 10.7. The fourth-order valence-corrected chi connectivity index (χ4v) is 2.76. The summed E-state index contributed by atoms with van der Waals surface area (Å²) in [6.07, 6.45) is 0.794. The molecule has 2 rings (SSSR count). The average molecular weight is 253 g/mol. The summed E-state index contributed by atoms with van der Waals surface area (Å²) < 4.78 is 0. The Morgan fingerprint density at radius 3 is 2.62 bits per heavy atom. The molecule has 16 heavy (non-hydrogen) atoms. The number of benzene rings is 1. The Morgan fingerprint density at radius 2 is 2.00 bits per heavy atom. The molecule has 2 N–H and O–H groups in total. The molecule has 0 aliphatic carbocycles. The first-order valence-electron chi connectivity index (χ1n) is 5.13. The van der Waals surface area contributed by atoms with Gasteiger partial charge in [-0.3, -0.25) is 0 Å². The zero-order chi connectivity index (χ0) is 11.5. The summed E-state index contributed by atoms with van der Waals surface area (Å²) in [6.45, 7) is 2.67. The van der Waals surface area contributed by atoms with Gasteiger partial charge in [0.15, 0.2) is 0 Å². The van der Waals surface area contributed by atoms with Crippen molar-refractivity contribution in [2.45, 2.75) is 13.3 Å². The van der Waals surface area contributed by atoms with Crippen LogP contribution in [0.15, 0.2) is 24.3 Å². The molecule has 0 unspecified atom stereocenters. The minimum absolute atomic E-state index is 0.589. The number of hydrogen-bond acceptors (Lipinski definition) is 3. The molecule has 0 radical (unpaired) electrons. The highest BCUT2D eigenvalue weighted by Gasteiger charge is 2.09. The highest BCUT2D eigenvalue weighted by Crippen LogP contribution is 2.31. The van der Waals surface area contributed by atoms with Gasteiger partial charge in [-0.05, 0) is 19.9 Å². The van der Waals surface area contributed by atoms with E-state index in [1.54, 1.807) is 11.3 Å². The lowest BCUT2D eigenvalue weighted by Crippen LogP contribution is -2.01. The van der Waals surface area contributed by atoms with Gasteiger partial charge in [0.1, 0.15) is 10.2 Å². The lowest BCUT2D eigenvalue weighted by atomic mass is 10.2. The van der Waals surface area contributed by atoms with Gasteiger partial charge in [0, 0.05) is 10.4 Å². The molecular weight excluding hydrogens is 240 g/mol. The second-order valence-corrected chi connectivity index (χ2v) is 5.08. The Kier molecular flexibility index (Phi) is 3.59. The quantitative estimate of drug-likeness (QED) is 0.911. The molecular formula is C12H13ClN2S. The highest BCUT2D eigenvalue weighted by atomic mass is 35.5. The van der Waals surface area contributed by atoms with Crippen molar-refractivity contribution < 1.29 is 0 Å². The maximum Gasteiger partial charge on any atom is 0.143 e. The Balaban J connectivity index is 2.33. The summed E-state index contributed by atoms with van der Waals surface area (Å²) in [6, 6.07) is 8.29. The van der Waals surface area contributed by atoms with Crippen molar-refractivity contribution in [2.24, 2.45) is 5.73 Å². The second-order valence-electron chi connectivity index (χ2n) is 3.64. The molecule has 0 bridgehead atoms. The number of halogens is 1. The van der Waals surface area contributed by atoms with Crippen LogP contribution in [0.1, 0.15) is 10.4 Å². The molecule has 0 fully saturated rings. The minimum atomic E-state index is 0.589. The molecule has 0 saturated heterocycles. The van der Waals surface area contributed by atoms with Gasteiger partial charge >= 0.3 is 0 Å². The molecule has 0 amide bonds. The SMILES string of the molecule is Cc1ccc(-c2nc(Cl)c(CCN)s2)cc1. The Bertz CT molecular complexity index is 476. The minimum Gasteiger partial charge on any atom is -0.330 e. The van der Waals surface area contributed by atoms with E-state index in [1.165, 1.54) is 5.56 Å². The molecule has 84 valence electrons. The molecule has 1 aromatic carbocycles. The van der Waals surface area contributed by atoms with Crippen molar-refractivity contribution in [1.29, 1.82) is 0 Å². The number of aromatic nitrogens is 1. The van der Waals surface area contributed by atoms with Crippen molar-refractivity contribution in [3.63, 3.8) is 0 Å². The molecule has 0 aliphatic rings. The third-order valence-corrected chi connectivity index (χ3v) is 3.91. The van der Waals surface area contributed by atoms with Gasteiger partial charge in [0.05, 0.1) is 0 Å². The summed E-state index contributed by atoms with van der Waals surface area (Å²) in [7, 11) is 0. The second kappa shape index (κ2) is 4.95. The first kappa shape index (κ1) is 11.6. The molecule has 4 heteroatoms. The van der Waals surface area contributed by atoms with E-state index in [9.17, 15) is 0 Å². The third-order valence-electron chi connectivity index (χ3n) is 2.32. The van der Waals surface area contributed by atoms with E-state index in [-0.39, 0.29) is 0 Å². The van der Waals surface area contributed by atoms with Crippen molar-refractivity contribution in [2.75, 3.05) is 6.54 Å². The van der Waals surface area contributed by atoms with E-state index in [4.69, 9.17) is 17.3 Å². The van der Waals surface area contributed by atoms with Crippen LogP contribution >= 0.6 is 22.9 Å². The number of thiazole rings is 1. The zero-order valence-corrected chi connectivity index (χ0v) is 10.6. The van der Waals surface area contributed by atoms with Crippen LogP contribution in [-0.4, -0.2) is 11.5 Å². The maximum absolute atomic E-state index is 6.05. The predicted octanol–water partition coefficient (Wildman–Crippen LogP) is 3.27. The van der Waals surface area contributed by atoms with E-state index >= 15 is 0 Å². The predicted molar refractivity (Wildman–Crippen MR) is 70.1 cm³/mol. The first-order chi connectivity index (χ1) is 7.70. The summed E-state index contributed by atoms with van der Waals surface area (Å²) in [5.74, 6) is 0. The molecule has 0 spiro atoms. The van der Waals surface area contributed by atoms with Gasteiger partial charge in [-0.2, -0.15) is 0 Å². The Labute approximate surface area is 104 Å². The van der Waals surface area contributed by atoms with Crippen molar-refractivity contribution >= 4 is 22.9 Å². The molecule has 0 aliphatic heterocycles. The van der Waals surface area contributed by atoms with Crippen LogP contribution in [0.25, 0.3) is 10.6 Å². The van der Waals surface area contributed by atoms with Gasteiger partial charge in [0.2, 0.25) is 0 Å². The van der Waals surface area contributed by atoms with Gasteiger partial charge in [-0.1, -0.05) is 41.4 Å². The smallest absolute Gasteiger partial charge is 0.143 e. The number of aryl methyl sites for hydroxylation is 1. The number of nitrogens with zero attached hydrogens (tertiary/aromatic N) is 1. The first-order valence-corrected chi connectivity index (χ1v) is 6.32. The van der Waals surface area contributed by atoms with E-state index < -0.39 is 0 Å². The largest absolute Gasteiger partial charge is 0.330 e. The van der Waals surface area contributed by atoms with Crippen LogP contribution in [0.4, 0.5) is 0 Å². The van der Waals surface area contributed by atoms with E-state index in [0.29, 0.717) is 11.7 Å². The topological polar surface area (TPSA) is 38.9 Å². The van der Waals surface area contributed by atoms with Crippen LogP contribution in [-0.2, 0) is 6.42 Å². The van der Waals surface area contributed by atoms with Crippen LogP contribution in [0, 0.1) is 6.92 Å². The Morgan fingerprint density at radius 1 is 1.31 bits per heavy atom. The number of hydrogen-bond donors (Lipinski definition) is 1. The Hall–Kier alpha value is -0.900. The summed E-state index contributed by atoms with van der Waals surface area (Å²) in [5, 5.41) is 1.56. The molecule has 1 aromatic heterocycles. The monoisotopic (exact) mass is 252 g/mol. The van der Waals surface area contributed by atoms with Gasteiger partial charge < -0.3 is 5.73 Å². The number of rotatable bonds is 3. The van der Waals surface area contributed by atoms with E-state index in [0.717, 1.165) is 21.9 Å². The summed E-state index contributed by atoms with van der Waals surface area (Å²) in [4.78, 5) is 5.43. The van der Waals surface area contributed by atoms with Gasteiger partial charge in [-0.15, -0.1) is 11.3 Å². The van der Waals surface area contributed by atoms with Crippen molar-refractivity contribution in [3.8, 4) is 10.6 Å². The third kappa shape index (κ3) is 2.43. The highest BCUT2D eigenvalue weighted by molar-refractivity contribution is 7.15. The van der Waals surface area contributed by atoms with Gasteiger partial charge in [0.25, 0.3) is 0 Å². The summed E-state index contributed by atoms with van der Waals surface area (Å²) in [5.41, 5.74) is 7.87. The molecule has 0 saturated carbocycles. The average Bonchev–Trinajstić information content (AvgIpc) is 2.62. The van der Waals surface area contributed by atoms with Crippen LogP contribution in [0.3, 0.4) is 0 Å². The fraction of sp³-hybridized carbons (Fsp3) is 0.250. The van der Waals surface area contributed by atoms with Crippen LogP contribution in [0.5, 0.6) is 0 Å². The number of nitrogens with two attached hydrogens (primary N) is 1. The standard InChI is InChI=1S/C12H13ClN2S/c1-8-2-4-9(5-3-8)12-15-11(13)10(16-12)6-7-14/h2-5H,6-7,14H2,1H3. The van der Waals surface area contributed by atoms with Crippen molar-refractivity contribution in [3.05, 3.63) is 39.9 Å². The molecule has 2 aromatic rings. The van der Waals surface area contributed by atoms with Crippen molar-refractivity contribution in [1.82, 2.24) is 4.98 Å². The molecule has 2 nitrogen and oxygen atoms in total. The molecule has 0 atom stereocenters. The zero-order valence-electron chi connectivity index (χ0n) is 9.03. The lowest BCUT2D eigenvalue weighted by molar-refractivity contribution is 0.984. The van der Waals surface area contributed by atoms with Gasteiger partial charge in [-0.25, -0.2) is 4.98 Å². The van der Waals surface area contributed by atoms with E-state index in [1.807, 2.05) is 0 Å². The molecule has 1 heterocycles. The summed E-state index contributed by atoms with van der Waals surface area (Å²) >= 11 is 7.67. The maximum atomic E-state index is 6.05. The lowest BCUT2D eigenvalue weighted by Gasteiger charge is -1.96. The van der Waals surface area contributed by atoms with Crippen LogP contribution in [0.2, 0.25) is 5.15 Å². The van der Waals surface area contributed by atoms with Crippen LogP contribution < -0.4 is 5.73 Å². The van der Waals surface area contributed by atoms with E-state index in [2.05, 4.69) is 36.2 Å².